The summed E-state index contributed by atoms with van der Waals surface area (Å²) in [6.45, 7) is 7.23. The number of halogens is 2. The highest BCUT2D eigenvalue weighted by molar-refractivity contribution is 6.04. The van der Waals surface area contributed by atoms with Crippen LogP contribution in [-0.2, 0) is 0 Å². The van der Waals surface area contributed by atoms with Crippen LogP contribution in [0.5, 0.6) is 17.6 Å². The minimum atomic E-state index is -0.992. The molecule has 1 aliphatic carbocycles. The van der Waals surface area contributed by atoms with E-state index in [2.05, 4.69) is 27.7 Å². The van der Waals surface area contributed by atoms with Crippen molar-refractivity contribution < 1.29 is 28.5 Å². The number of hydrogen-bond acceptors (Lipinski definition) is 9. The highest BCUT2D eigenvalue weighted by Gasteiger charge is 2.48. The van der Waals surface area contributed by atoms with Gasteiger partial charge in [0.25, 0.3) is 0 Å². The maximum absolute atomic E-state index is 17.1. The number of likely N-dealkylation sites (tertiary alicyclic amines) is 1. The summed E-state index contributed by atoms with van der Waals surface area (Å²) in [4.78, 5) is 18.5. The summed E-state index contributed by atoms with van der Waals surface area (Å²) in [5.41, 5.74) is -1.34. The highest BCUT2D eigenvalue weighted by Crippen LogP contribution is 2.48. The first kappa shape index (κ1) is 32.3. The average molecular weight is 658 g/mol. The molecule has 3 aliphatic rings. The number of benzene rings is 2. The van der Waals surface area contributed by atoms with Crippen molar-refractivity contribution in [3.05, 3.63) is 41.5 Å². The van der Waals surface area contributed by atoms with Gasteiger partial charge in [-0.3, -0.25) is 4.90 Å². The van der Waals surface area contributed by atoms with Crippen molar-refractivity contribution in [3.8, 4) is 41.2 Å². The van der Waals surface area contributed by atoms with Crippen molar-refractivity contribution in [2.45, 2.75) is 70.4 Å². The molecule has 2 N–H and O–H groups in total. The smallest absolute Gasteiger partial charge is 0.319 e. The van der Waals surface area contributed by atoms with E-state index in [4.69, 9.17) is 20.9 Å². The minimum Gasteiger partial charge on any atom is -0.508 e. The molecule has 48 heavy (non-hydrogen) atoms. The van der Waals surface area contributed by atoms with E-state index < -0.39 is 17.2 Å². The van der Waals surface area contributed by atoms with E-state index in [9.17, 15) is 14.6 Å². The number of phenolic OH excluding ortho intramolecular Hbond substituents is 1. The molecule has 0 bridgehead atoms. The Hall–Kier alpha value is -4.27. The van der Waals surface area contributed by atoms with Gasteiger partial charge >= 0.3 is 6.01 Å². The molecule has 1 saturated carbocycles. The third-order valence-corrected chi connectivity index (χ3v) is 10.6. The monoisotopic (exact) mass is 657 g/mol. The van der Waals surface area contributed by atoms with Gasteiger partial charge < -0.3 is 24.6 Å². The van der Waals surface area contributed by atoms with E-state index >= 15 is 4.39 Å². The molecule has 4 heterocycles. The summed E-state index contributed by atoms with van der Waals surface area (Å²) in [6, 6.07) is 5.85. The normalized spacial score (nSPS) is 24.5. The van der Waals surface area contributed by atoms with Gasteiger partial charge in [0.05, 0.1) is 24.9 Å². The molecule has 2 aromatic heterocycles. The number of terminal acetylenes is 1. The molecule has 0 radical (unpaired) electrons. The zero-order valence-corrected chi connectivity index (χ0v) is 27.7. The van der Waals surface area contributed by atoms with Crippen LogP contribution in [0.4, 0.5) is 14.6 Å². The molecule has 2 saturated heterocycles. The molecule has 0 spiro atoms. The van der Waals surface area contributed by atoms with Crippen molar-refractivity contribution in [3.63, 3.8) is 0 Å². The molecule has 0 amide bonds. The molecule has 3 unspecified atom stereocenters. The SMILES string of the molecule is C#Cc1c(F)ccc2cc(O)cc(-c3nc(OC)c4c(N5CCCC(C)(O)C5)nc(OCC56CCCC5N(CC)CCC6)nc4c3F)c12. The second kappa shape index (κ2) is 12.3. The molecule has 9 nitrogen and oxygen atoms in total. The first-order valence-corrected chi connectivity index (χ1v) is 16.8. The van der Waals surface area contributed by atoms with Crippen molar-refractivity contribution in [2.75, 3.05) is 44.8 Å². The van der Waals surface area contributed by atoms with Crippen LogP contribution in [0.1, 0.15) is 64.4 Å². The van der Waals surface area contributed by atoms with E-state index in [1.165, 1.54) is 31.4 Å². The van der Waals surface area contributed by atoms with E-state index in [0.717, 1.165) is 45.2 Å². The predicted molar refractivity (Wildman–Crippen MR) is 180 cm³/mol. The lowest BCUT2D eigenvalue weighted by Gasteiger charge is -2.45. The lowest BCUT2D eigenvalue weighted by atomic mass is 9.75. The van der Waals surface area contributed by atoms with E-state index in [1.54, 1.807) is 6.92 Å². The Kier molecular flexibility index (Phi) is 8.28. The van der Waals surface area contributed by atoms with E-state index in [0.29, 0.717) is 43.2 Å². The Morgan fingerprint density at radius 2 is 1.85 bits per heavy atom. The fraction of sp³-hybridized carbons (Fsp3) is 0.486. The van der Waals surface area contributed by atoms with Crippen LogP contribution in [0.15, 0.2) is 24.3 Å². The average Bonchev–Trinajstić information content (AvgIpc) is 3.51. The van der Waals surface area contributed by atoms with Gasteiger partial charge in [-0.1, -0.05) is 25.3 Å². The topological polar surface area (TPSA) is 104 Å². The van der Waals surface area contributed by atoms with Gasteiger partial charge in [-0.25, -0.2) is 13.8 Å². The van der Waals surface area contributed by atoms with Crippen LogP contribution in [0.2, 0.25) is 0 Å². The van der Waals surface area contributed by atoms with Gasteiger partial charge in [0, 0.05) is 35.5 Å². The van der Waals surface area contributed by atoms with Crippen molar-refractivity contribution >= 4 is 27.5 Å². The fourth-order valence-electron chi connectivity index (χ4n) is 8.48. The minimum absolute atomic E-state index is 0.0191. The largest absolute Gasteiger partial charge is 0.508 e. The Morgan fingerprint density at radius 1 is 1.06 bits per heavy atom. The number of anilines is 1. The number of pyridine rings is 1. The Labute approximate surface area is 278 Å². The summed E-state index contributed by atoms with van der Waals surface area (Å²) < 4.78 is 44.3. The maximum Gasteiger partial charge on any atom is 0.319 e. The molecule has 3 atom stereocenters. The van der Waals surface area contributed by atoms with Crippen molar-refractivity contribution in [1.29, 1.82) is 0 Å². The molecular weight excluding hydrogens is 616 g/mol. The Bertz CT molecular complexity index is 1950. The van der Waals surface area contributed by atoms with Gasteiger partial charge in [0.2, 0.25) is 5.88 Å². The van der Waals surface area contributed by atoms with E-state index in [-0.39, 0.29) is 62.7 Å². The lowest BCUT2D eigenvalue weighted by Crippen LogP contribution is -2.51. The molecular formula is C37H41F2N5O4. The van der Waals surface area contributed by atoms with Crippen LogP contribution in [-0.4, -0.2) is 81.6 Å². The van der Waals surface area contributed by atoms with Gasteiger partial charge in [-0.05, 0) is 82.1 Å². The van der Waals surface area contributed by atoms with Gasteiger partial charge in [0.15, 0.2) is 5.82 Å². The van der Waals surface area contributed by atoms with Gasteiger partial charge in [0.1, 0.15) is 34.0 Å². The molecule has 2 aliphatic heterocycles. The molecule has 3 fully saturated rings. The zero-order chi connectivity index (χ0) is 33.8. The summed E-state index contributed by atoms with van der Waals surface area (Å²) in [6.07, 6.45) is 12.4. The number of piperidine rings is 2. The number of nitrogens with zero attached hydrogens (tertiary/aromatic N) is 5. The molecule has 11 heteroatoms. The van der Waals surface area contributed by atoms with Crippen LogP contribution >= 0.6 is 0 Å². The number of aliphatic hydroxyl groups is 1. The van der Waals surface area contributed by atoms with Crippen LogP contribution in [0, 0.1) is 29.4 Å². The van der Waals surface area contributed by atoms with Crippen LogP contribution in [0.25, 0.3) is 32.9 Å². The molecule has 4 aromatic rings. The number of phenols is 1. The predicted octanol–water partition coefficient (Wildman–Crippen LogP) is 6.20. The first-order chi connectivity index (χ1) is 23.1. The Balaban J connectivity index is 1.42. The third-order valence-electron chi connectivity index (χ3n) is 10.6. The number of β-amino-alcohol motifs (C(OH)–C–C–N with tert-alkyl or cyclic N) is 1. The number of fused-ring (bicyclic) bond motifs is 3. The fourth-order valence-corrected chi connectivity index (χ4v) is 8.48. The first-order valence-electron chi connectivity index (χ1n) is 16.8. The molecule has 2 aromatic carbocycles. The maximum atomic E-state index is 17.1. The van der Waals surface area contributed by atoms with Gasteiger partial charge in [-0.2, -0.15) is 9.97 Å². The number of aromatic hydroxyl groups is 1. The van der Waals surface area contributed by atoms with Crippen molar-refractivity contribution in [1.82, 2.24) is 19.9 Å². The quantitative estimate of drug-likeness (QED) is 0.225. The van der Waals surface area contributed by atoms with Gasteiger partial charge in [-0.15, -0.1) is 6.42 Å². The summed E-state index contributed by atoms with van der Waals surface area (Å²) in [5, 5.41) is 22.5. The number of methoxy groups -OCH3 is 1. The highest BCUT2D eigenvalue weighted by atomic mass is 19.1. The second-order valence-electron chi connectivity index (χ2n) is 13.8. The number of rotatable bonds is 7. The number of ether oxygens (including phenoxy) is 2. The van der Waals surface area contributed by atoms with Crippen LogP contribution < -0.4 is 14.4 Å². The Morgan fingerprint density at radius 3 is 2.60 bits per heavy atom. The standard InChI is InChI=1S/C37H41F2N5O4/c1-5-24-26(38)12-11-22-18-23(45)19-25(28(22)24)31-30(39)32-29(34(40-31)47-4)33(44-17-8-13-36(3,46)20-44)42-35(41-32)48-21-37-14-7-10-27(37)43(6-2)16-9-15-37/h1,11-12,18-19,27,45-46H,6-10,13-17,20-21H2,2-4H3. The lowest BCUT2D eigenvalue weighted by molar-refractivity contribution is 0.00244. The number of aromatic nitrogens is 3. The van der Waals surface area contributed by atoms with Crippen LogP contribution in [0.3, 0.4) is 0 Å². The van der Waals surface area contributed by atoms with Crippen molar-refractivity contribution in [2.24, 2.45) is 5.41 Å². The second-order valence-corrected chi connectivity index (χ2v) is 13.8. The molecule has 252 valence electrons. The van der Waals surface area contributed by atoms with E-state index in [1.807, 2.05) is 4.90 Å². The summed E-state index contributed by atoms with van der Waals surface area (Å²) >= 11 is 0. The molecule has 7 rings (SSSR count). The summed E-state index contributed by atoms with van der Waals surface area (Å²) in [5.74, 6) is 1.10. The summed E-state index contributed by atoms with van der Waals surface area (Å²) in [7, 11) is 1.42. The number of hydrogen-bond donors (Lipinski definition) is 2. The zero-order valence-electron chi connectivity index (χ0n) is 27.7. The third kappa shape index (κ3) is 5.45.